The molecule has 0 aliphatic carbocycles. The first-order valence-electron chi connectivity index (χ1n) is 3.64. The Labute approximate surface area is 87.1 Å². The van der Waals surface area contributed by atoms with Gasteiger partial charge >= 0.3 is 6.18 Å². The van der Waals surface area contributed by atoms with Crippen molar-refractivity contribution in [2.45, 2.75) is 6.18 Å². The van der Waals surface area contributed by atoms with Gasteiger partial charge in [0, 0.05) is 19.4 Å². The van der Waals surface area contributed by atoms with Gasteiger partial charge in [0.15, 0.2) is 0 Å². The predicted molar refractivity (Wildman–Crippen MR) is 49.1 cm³/mol. The Morgan fingerprint density at radius 1 is 1.36 bits per heavy atom. The Balaban J connectivity index is 2.70. The van der Waals surface area contributed by atoms with Crippen LogP contribution in [0.15, 0.2) is 16.9 Å². The molecule has 0 fully saturated rings. The molecule has 0 saturated carbocycles. The third kappa shape index (κ3) is 3.49. The number of nitrogens with zero attached hydrogens (tertiary/aromatic N) is 3. The van der Waals surface area contributed by atoms with Crippen molar-refractivity contribution in [2.24, 2.45) is 0 Å². The molecule has 0 aliphatic rings. The number of halogens is 4. The molecule has 14 heavy (non-hydrogen) atoms. The SMILES string of the molecule is CN(CC(F)(F)F)c1ncc(Br)cn1. The van der Waals surface area contributed by atoms with Gasteiger partial charge in [-0.2, -0.15) is 13.2 Å². The normalized spacial score (nSPS) is 11.5. The number of hydrogen-bond acceptors (Lipinski definition) is 3. The minimum Gasteiger partial charge on any atom is -0.335 e. The molecular weight excluding hydrogens is 263 g/mol. The van der Waals surface area contributed by atoms with Crippen molar-refractivity contribution >= 4 is 21.9 Å². The van der Waals surface area contributed by atoms with Crippen molar-refractivity contribution in [3.05, 3.63) is 16.9 Å². The van der Waals surface area contributed by atoms with Crippen LogP contribution in [-0.2, 0) is 0 Å². The lowest BCUT2D eigenvalue weighted by Gasteiger charge is -2.18. The largest absolute Gasteiger partial charge is 0.406 e. The molecule has 0 aliphatic heterocycles. The number of anilines is 1. The maximum Gasteiger partial charge on any atom is 0.406 e. The van der Waals surface area contributed by atoms with E-state index in [2.05, 4.69) is 25.9 Å². The van der Waals surface area contributed by atoms with E-state index in [0.717, 1.165) is 4.90 Å². The second-order valence-corrected chi connectivity index (χ2v) is 3.59. The van der Waals surface area contributed by atoms with Gasteiger partial charge in [0.25, 0.3) is 0 Å². The van der Waals surface area contributed by atoms with E-state index in [9.17, 15) is 13.2 Å². The van der Waals surface area contributed by atoms with Gasteiger partial charge in [-0.15, -0.1) is 0 Å². The lowest BCUT2D eigenvalue weighted by atomic mass is 10.5. The van der Waals surface area contributed by atoms with E-state index in [0.29, 0.717) is 4.47 Å². The summed E-state index contributed by atoms with van der Waals surface area (Å²) in [7, 11) is 1.29. The van der Waals surface area contributed by atoms with E-state index in [-0.39, 0.29) is 5.95 Å². The minimum absolute atomic E-state index is 0.0468. The molecule has 0 saturated heterocycles. The van der Waals surface area contributed by atoms with E-state index in [1.165, 1.54) is 19.4 Å². The first-order chi connectivity index (χ1) is 6.38. The molecular formula is C7H7BrF3N3. The summed E-state index contributed by atoms with van der Waals surface area (Å²) in [5.41, 5.74) is 0. The summed E-state index contributed by atoms with van der Waals surface area (Å²) < 4.78 is 36.5. The quantitative estimate of drug-likeness (QED) is 0.825. The molecule has 1 rings (SSSR count). The Hall–Kier alpha value is -0.850. The van der Waals surface area contributed by atoms with Crippen LogP contribution >= 0.6 is 15.9 Å². The fourth-order valence-electron chi connectivity index (χ4n) is 0.842. The summed E-state index contributed by atoms with van der Waals surface area (Å²) in [6.07, 6.45) is -1.45. The van der Waals surface area contributed by atoms with Crippen LogP contribution in [0.1, 0.15) is 0 Å². The Kier molecular flexibility index (Phi) is 3.30. The van der Waals surface area contributed by atoms with Gasteiger partial charge in [0.2, 0.25) is 5.95 Å². The van der Waals surface area contributed by atoms with Crippen LogP contribution in [0.5, 0.6) is 0 Å². The third-order valence-electron chi connectivity index (χ3n) is 1.36. The van der Waals surface area contributed by atoms with Gasteiger partial charge in [0.1, 0.15) is 6.54 Å². The molecule has 0 unspecified atom stereocenters. The van der Waals surface area contributed by atoms with Gasteiger partial charge in [-0.25, -0.2) is 9.97 Å². The molecule has 0 aromatic carbocycles. The second-order valence-electron chi connectivity index (χ2n) is 2.67. The van der Waals surface area contributed by atoms with E-state index in [4.69, 9.17) is 0 Å². The predicted octanol–water partition coefficient (Wildman–Crippen LogP) is 2.24. The van der Waals surface area contributed by atoms with Crippen LogP contribution in [-0.4, -0.2) is 29.7 Å². The molecule has 0 radical (unpaired) electrons. The summed E-state index contributed by atoms with van der Waals surface area (Å²) in [6.45, 7) is -1.06. The molecule has 7 heteroatoms. The lowest BCUT2D eigenvalue weighted by molar-refractivity contribution is -0.119. The van der Waals surface area contributed by atoms with Crippen molar-refractivity contribution in [1.82, 2.24) is 9.97 Å². The van der Waals surface area contributed by atoms with E-state index >= 15 is 0 Å². The van der Waals surface area contributed by atoms with Crippen molar-refractivity contribution in [3.63, 3.8) is 0 Å². The average molecular weight is 270 g/mol. The fraction of sp³-hybridized carbons (Fsp3) is 0.429. The zero-order valence-corrected chi connectivity index (χ0v) is 8.80. The zero-order chi connectivity index (χ0) is 10.8. The van der Waals surface area contributed by atoms with E-state index in [1.807, 2.05) is 0 Å². The second kappa shape index (κ2) is 4.12. The molecule has 78 valence electrons. The monoisotopic (exact) mass is 269 g/mol. The van der Waals surface area contributed by atoms with Crippen LogP contribution in [0.3, 0.4) is 0 Å². The van der Waals surface area contributed by atoms with Crippen LogP contribution in [0.2, 0.25) is 0 Å². The average Bonchev–Trinajstić information content (AvgIpc) is 2.02. The molecule has 1 heterocycles. The lowest BCUT2D eigenvalue weighted by Crippen LogP contribution is -2.31. The summed E-state index contributed by atoms with van der Waals surface area (Å²) >= 11 is 3.09. The van der Waals surface area contributed by atoms with Crippen molar-refractivity contribution in [3.8, 4) is 0 Å². The van der Waals surface area contributed by atoms with E-state index in [1.54, 1.807) is 0 Å². The first-order valence-corrected chi connectivity index (χ1v) is 4.43. The molecule has 0 spiro atoms. The topological polar surface area (TPSA) is 29.0 Å². The fourth-order valence-corrected chi connectivity index (χ4v) is 1.05. The van der Waals surface area contributed by atoms with Crippen LogP contribution in [0, 0.1) is 0 Å². The molecule has 1 aromatic heterocycles. The van der Waals surface area contributed by atoms with Crippen LogP contribution in [0.25, 0.3) is 0 Å². The van der Waals surface area contributed by atoms with Crippen molar-refractivity contribution < 1.29 is 13.2 Å². The van der Waals surface area contributed by atoms with Gasteiger partial charge in [-0.05, 0) is 15.9 Å². The van der Waals surface area contributed by atoms with Gasteiger partial charge < -0.3 is 4.90 Å². The summed E-state index contributed by atoms with van der Waals surface area (Å²) in [5, 5.41) is 0. The Morgan fingerprint density at radius 3 is 2.29 bits per heavy atom. The number of aromatic nitrogens is 2. The van der Waals surface area contributed by atoms with E-state index < -0.39 is 12.7 Å². The number of hydrogen-bond donors (Lipinski definition) is 0. The maximum absolute atomic E-state index is 12.0. The highest BCUT2D eigenvalue weighted by Gasteiger charge is 2.30. The maximum atomic E-state index is 12.0. The molecule has 0 amide bonds. The summed E-state index contributed by atoms with van der Waals surface area (Å²) in [4.78, 5) is 8.40. The van der Waals surface area contributed by atoms with Crippen molar-refractivity contribution in [2.75, 3.05) is 18.5 Å². The summed E-state index contributed by atoms with van der Waals surface area (Å²) in [5.74, 6) is 0.0468. The number of rotatable bonds is 2. The zero-order valence-electron chi connectivity index (χ0n) is 7.22. The third-order valence-corrected chi connectivity index (χ3v) is 1.77. The van der Waals surface area contributed by atoms with Gasteiger partial charge in [-0.1, -0.05) is 0 Å². The Bertz CT molecular complexity index is 298. The Morgan fingerprint density at radius 2 is 1.86 bits per heavy atom. The first kappa shape index (κ1) is 11.2. The van der Waals surface area contributed by atoms with Gasteiger partial charge in [0.05, 0.1) is 4.47 Å². The van der Waals surface area contributed by atoms with Crippen LogP contribution in [0.4, 0.5) is 19.1 Å². The molecule has 3 nitrogen and oxygen atoms in total. The van der Waals surface area contributed by atoms with Crippen LogP contribution < -0.4 is 4.90 Å². The highest BCUT2D eigenvalue weighted by Crippen LogP contribution is 2.18. The smallest absolute Gasteiger partial charge is 0.335 e. The summed E-state index contributed by atoms with van der Waals surface area (Å²) in [6, 6.07) is 0. The van der Waals surface area contributed by atoms with Crippen molar-refractivity contribution in [1.29, 1.82) is 0 Å². The molecule has 0 bridgehead atoms. The molecule has 1 aromatic rings. The van der Waals surface area contributed by atoms with Gasteiger partial charge in [-0.3, -0.25) is 0 Å². The number of alkyl halides is 3. The highest BCUT2D eigenvalue weighted by molar-refractivity contribution is 9.10. The molecule has 0 N–H and O–H groups in total. The minimum atomic E-state index is -4.24. The highest BCUT2D eigenvalue weighted by atomic mass is 79.9. The molecule has 0 atom stereocenters. The standard InChI is InChI=1S/C7H7BrF3N3/c1-14(4-7(9,10)11)6-12-2-5(8)3-13-6/h2-3H,4H2,1H3.